The van der Waals surface area contributed by atoms with E-state index in [1.54, 1.807) is 12.1 Å². The zero-order valence-electron chi connectivity index (χ0n) is 15.9. The van der Waals surface area contributed by atoms with Gasteiger partial charge in [-0.25, -0.2) is 0 Å². The fraction of sp³-hybridized carbons (Fsp3) is 0.714. The van der Waals surface area contributed by atoms with Crippen molar-refractivity contribution < 1.29 is 9.84 Å². The predicted molar refractivity (Wildman–Crippen MR) is 103 cm³/mol. The third-order valence-electron chi connectivity index (χ3n) is 6.37. The standard InChI is InChI=1S/C21H34N2O2/c1-3-21(4-2)16-20(25-17-21)6-5-11-22-12-14-23(15-13-22)18-7-9-19(24)10-8-18/h7-10,20,24H,3-6,11-17H2,1-2H3. The molecule has 2 aliphatic heterocycles. The topological polar surface area (TPSA) is 35.9 Å². The van der Waals surface area contributed by atoms with Crippen molar-refractivity contribution in [3.05, 3.63) is 24.3 Å². The summed E-state index contributed by atoms with van der Waals surface area (Å²) < 4.78 is 6.08. The molecule has 140 valence electrons. The molecule has 4 heteroatoms. The molecule has 0 aliphatic carbocycles. The lowest BCUT2D eigenvalue weighted by Crippen LogP contribution is -2.46. The molecule has 1 N–H and O–H groups in total. The van der Waals surface area contributed by atoms with Crippen LogP contribution in [0.1, 0.15) is 46.0 Å². The summed E-state index contributed by atoms with van der Waals surface area (Å²) >= 11 is 0. The van der Waals surface area contributed by atoms with Crippen molar-refractivity contribution in [3.63, 3.8) is 0 Å². The quantitative estimate of drug-likeness (QED) is 0.812. The van der Waals surface area contributed by atoms with E-state index in [-0.39, 0.29) is 0 Å². The molecule has 3 rings (SSSR count). The maximum atomic E-state index is 9.41. The van der Waals surface area contributed by atoms with Gasteiger partial charge in [0.05, 0.1) is 12.7 Å². The minimum Gasteiger partial charge on any atom is -0.508 e. The molecular weight excluding hydrogens is 312 g/mol. The van der Waals surface area contributed by atoms with Crippen LogP contribution in [0, 0.1) is 5.41 Å². The van der Waals surface area contributed by atoms with E-state index < -0.39 is 0 Å². The van der Waals surface area contributed by atoms with Crippen LogP contribution in [0.5, 0.6) is 5.75 Å². The number of hydrogen-bond donors (Lipinski definition) is 1. The molecule has 1 unspecified atom stereocenters. The molecule has 1 aromatic rings. The Kier molecular flexibility index (Phi) is 6.24. The van der Waals surface area contributed by atoms with Crippen LogP contribution < -0.4 is 4.90 Å². The van der Waals surface area contributed by atoms with Crippen LogP contribution in [-0.2, 0) is 4.74 Å². The summed E-state index contributed by atoms with van der Waals surface area (Å²) in [6.45, 7) is 11.2. The minimum atomic E-state index is 0.340. The van der Waals surface area contributed by atoms with Gasteiger partial charge in [0.25, 0.3) is 0 Å². The number of anilines is 1. The summed E-state index contributed by atoms with van der Waals surface area (Å²) in [5.74, 6) is 0.340. The van der Waals surface area contributed by atoms with Gasteiger partial charge < -0.3 is 14.7 Å². The Bertz CT molecular complexity index is 519. The molecule has 0 saturated carbocycles. The van der Waals surface area contributed by atoms with Crippen LogP contribution in [0.2, 0.25) is 0 Å². The maximum absolute atomic E-state index is 9.41. The summed E-state index contributed by atoms with van der Waals surface area (Å²) in [5.41, 5.74) is 1.67. The largest absolute Gasteiger partial charge is 0.508 e. The van der Waals surface area contributed by atoms with E-state index in [4.69, 9.17) is 4.74 Å². The lowest BCUT2D eigenvalue weighted by atomic mass is 9.80. The van der Waals surface area contributed by atoms with Crippen molar-refractivity contribution in [1.29, 1.82) is 0 Å². The Labute approximate surface area is 152 Å². The van der Waals surface area contributed by atoms with Crippen molar-refractivity contribution in [2.75, 3.05) is 44.2 Å². The van der Waals surface area contributed by atoms with Crippen LogP contribution in [0.25, 0.3) is 0 Å². The van der Waals surface area contributed by atoms with Crippen molar-refractivity contribution >= 4 is 5.69 Å². The third-order valence-corrected chi connectivity index (χ3v) is 6.37. The van der Waals surface area contributed by atoms with Crippen LogP contribution in [0.4, 0.5) is 5.69 Å². The molecule has 1 aromatic carbocycles. The van der Waals surface area contributed by atoms with Gasteiger partial charge in [-0.05, 0) is 68.3 Å². The lowest BCUT2D eigenvalue weighted by Gasteiger charge is -2.36. The highest BCUT2D eigenvalue weighted by Gasteiger charge is 2.36. The van der Waals surface area contributed by atoms with E-state index in [0.717, 1.165) is 32.8 Å². The SMILES string of the molecule is CCC1(CC)COC(CCCN2CCN(c3ccc(O)cc3)CC2)C1. The molecule has 0 aromatic heterocycles. The van der Waals surface area contributed by atoms with Crippen molar-refractivity contribution in [2.24, 2.45) is 5.41 Å². The number of nitrogens with zero attached hydrogens (tertiary/aromatic N) is 2. The summed E-state index contributed by atoms with van der Waals surface area (Å²) in [6, 6.07) is 7.57. The molecule has 25 heavy (non-hydrogen) atoms. The van der Waals surface area contributed by atoms with E-state index >= 15 is 0 Å². The Balaban J connectivity index is 1.35. The van der Waals surface area contributed by atoms with E-state index in [9.17, 15) is 5.11 Å². The van der Waals surface area contributed by atoms with Crippen molar-refractivity contribution in [3.8, 4) is 5.75 Å². The van der Waals surface area contributed by atoms with E-state index in [1.165, 1.54) is 44.3 Å². The molecule has 0 radical (unpaired) electrons. The average Bonchev–Trinajstić information content (AvgIpc) is 3.07. The molecule has 0 amide bonds. The van der Waals surface area contributed by atoms with Gasteiger partial charge in [0.2, 0.25) is 0 Å². The van der Waals surface area contributed by atoms with Gasteiger partial charge in [-0.2, -0.15) is 0 Å². The predicted octanol–water partition coefficient (Wildman–Crippen LogP) is 3.89. The van der Waals surface area contributed by atoms with Crippen molar-refractivity contribution in [1.82, 2.24) is 4.90 Å². The zero-order chi connectivity index (χ0) is 17.7. The highest BCUT2D eigenvalue weighted by Crippen LogP contribution is 2.40. The van der Waals surface area contributed by atoms with Gasteiger partial charge >= 0.3 is 0 Å². The molecule has 2 saturated heterocycles. The van der Waals surface area contributed by atoms with Crippen molar-refractivity contribution in [2.45, 2.75) is 52.1 Å². The van der Waals surface area contributed by atoms with Crippen LogP contribution >= 0.6 is 0 Å². The molecule has 4 nitrogen and oxygen atoms in total. The van der Waals surface area contributed by atoms with Gasteiger partial charge in [-0.3, -0.25) is 4.90 Å². The first-order chi connectivity index (χ1) is 12.1. The fourth-order valence-corrected chi connectivity index (χ4v) is 4.26. The Morgan fingerprint density at radius 3 is 2.36 bits per heavy atom. The first-order valence-electron chi connectivity index (χ1n) is 10.0. The molecule has 2 aliphatic rings. The highest BCUT2D eigenvalue weighted by atomic mass is 16.5. The number of benzene rings is 1. The second-order valence-electron chi connectivity index (χ2n) is 7.83. The van der Waals surface area contributed by atoms with Gasteiger partial charge in [-0.15, -0.1) is 0 Å². The van der Waals surface area contributed by atoms with Gasteiger partial charge in [0.15, 0.2) is 0 Å². The average molecular weight is 347 g/mol. The number of piperazine rings is 1. The van der Waals surface area contributed by atoms with E-state index in [2.05, 4.69) is 23.6 Å². The Hall–Kier alpha value is -1.26. The summed E-state index contributed by atoms with van der Waals surface area (Å²) in [4.78, 5) is 4.99. The normalized spacial score (nSPS) is 23.9. The van der Waals surface area contributed by atoms with Gasteiger partial charge in [0.1, 0.15) is 5.75 Å². The molecule has 1 atom stereocenters. The Morgan fingerprint density at radius 1 is 1.08 bits per heavy atom. The minimum absolute atomic E-state index is 0.340. The second kappa shape index (κ2) is 8.41. The van der Waals surface area contributed by atoms with Gasteiger partial charge in [-0.1, -0.05) is 13.8 Å². The molecule has 0 spiro atoms. The number of phenolic OH excluding ortho intramolecular Hbond substituents is 1. The molecule has 2 heterocycles. The lowest BCUT2D eigenvalue weighted by molar-refractivity contribution is 0.0837. The Morgan fingerprint density at radius 2 is 1.76 bits per heavy atom. The number of aromatic hydroxyl groups is 1. The molecule has 2 fully saturated rings. The third kappa shape index (κ3) is 4.68. The maximum Gasteiger partial charge on any atom is 0.115 e. The first-order valence-corrected chi connectivity index (χ1v) is 10.0. The highest BCUT2D eigenvalue weighted by molar-refractivity contribution is 5.49. The summed E-state index contributed by atoms with van der Waals surface area (Å²) in [5, 5.41) is 9.41. The number of hydrogen-bond acceptors (Lipinski definition) is 4. The molecular formula is C21H34N2O2. The fourth-order valence-electron chi connectivity index (χ4n) is 4.26. The first kappa shape index (κ1) is 18.5. The summed E-state index contributed by atoms with van der Waals surface area (Å²) in [6.07, 6.45) is 6.69. The van der Waals surface area contributed by atoms with E-state index in [0.29, 0.717) is 17.3 Å². The van der Waals surface area contributed by atoms with Crippen LogP contribution in [-0.4, -0.2) is 55.4 Å². The summed E-state index contributed by atoms with van der Waals surface area (Å²) in [7, 11) is 0. The molecule has 0 bridgehead atoms. The number of ether oxygens (including phenoxy) is 1. The second-order valence-corrected chi connectivity index (χ2v) is 7.83. The van der Waals surface area contributed by atoms with Crippen LogP contribution in [0.3, 0.4) is 0 Å². The number of phenols is 1. The monoisotopic (exact) mass is 346 g/mol. The smallest absolute Gasteiger partial charge is 0.115 e. The van der Waals surface area contributed by atoms with E-state index in [1.807, 2.05) is 12.1 Å². The number of rotatable bonds is 7. The van der Waals surface area contributed by atoms with Crippen LogP contribution in [0.15, 0.2) is 24.3 Å². The zero-order valence-corrected chi connectivity index (χ0v) is 15.9. The van der Waals surface area contributed by atoms with Gasteiger partial charge in [0, 0.05) is 31.9 Å².